The molecule has 158 valence electrons. The van der Waals surface area contributed by atoms with Gasteiger partial charge in [-0.2, -0.15) is 0 Å². The van der Waals surface area contributed by atoms with Gasteiger partial charge in [0.25, 0.3) is 0 Å². The number of nitrogens with zero attached hydrogens (tertiary/aromatic N) is 1. The normalized spacial score (nSPS) is 14.0. The van der Waals surface area contributed by atoms with Crippen molar-refractivity contribution in [3.05, 3.63) is 71.8 Å². The van der Waals surface area contributed by atoms with Crippen LogP contribution in [0.25, 0.3) is 0 Å². The van der Waals surface area contributed by atoms with Gasteiger partial charge in [-0.25, -0.2) is 0 Å². The van der Waals surface area contributed by atoms with Gasteiger partial charge in [0.05, 0.1) is 6.54 Å². The summed E-state index contributed by atoms with van der Waals surface area (Å²) in [5, 5.41) is 0. The Morgan fingerprint density at radius 3 is 1.76 bits per heavy atom. The lowest BCUT2D eigenvalue weighted by Gasteiger charge is -2.17. The van der Waals surface area contributed by atoms with Gasteiger partial charge in [-0.05, 0) is 61.5 Å². The fourth-order valence-corrected chi connectivity index (χ4v) is 3.46. The fraction of sp³-hybridized carbons (Fsp3) is 0.500. The summed E-state index contributed by atoms with van der Waals surface area (Å²) in [4.78, 5) is 4.73. The topological polar surface area (TPSA) is 64.4 Å². The first-order chi connectivity index (χ1) is 14.0. The molecule has 0 aliphatic carbocycles. The van der Waals surface area contributed by atoms with Gasteiger partial charge in [0.2, 0.25) is 0 Å². The molecule has 0 radical (unpaired) electrons. The van der Waals surface area contributed by atoms with E-state index in [-0.39, 0.29) is 12.1 Å². The van der Waals surface area contributed by atoms with Gasteiger partial charge in [0.1, 0.15) is 0 Å². The van der Waals surface area contributed by atoms with Crippen LogP contribution in [0.15, 0.2) is 65.7 Å². The molecule has 0 aromatic heterocycles. The molecule has 0 aliphatic rings. The quantitative estimate of drug-likeness (QED) is 0.469. The van der Waals surface area contributed by atoms with Crippen LogP contribution in [0.5, 0.6) is 0 Å². The summed E-state index contributed by atoms with van der Waals surface area (Å²) in [6.45, 7) is 5.02. The smallest absolute Gasteiger partial charge is 0.0537 e. The van der Waals surface area contributed by atoms with Crippen molar-refractivity contribution in [1.82, 2.24) is 0 Å². The molecule has 2 aromatic rings. The Balaban J connectivity index is 1.84. The average molecular weight is 394 g/mol. The van der Waals surface area contributed by atoms with Gasteiger partial charge in [-0.3, -0.25) is 4.99 Å². The van der Waals surface area contributed by atoms with Crippen molar-refractivity contribution >= 4 is 6.21 Å². The molecule has 2 rings (SSSR count). The molecular weight excluding hydrogens is 354 g/mol. The van der Waals surface area contributed by atoms with Crippen LogP contribution in [-0.4, -0.2) is 24.8 Å². The molecule has 0 heterocycles. The lowest BCUT2D eigenvalue weighted by molar-refractivity contribution is 0.431. The van der Waals surface area contributed by atoms with Crippen molar-refractivity contribution in [1.29, 1.82) is 0 Å². The third kappa shape index (κ3) is 9.87. The van der Waals surface area contributed by atoms with E-state index in [1.807, 2.05) is 0 Å². The van der Waals surface area contributed by atoms with Crippen LogP contribution >= 0.6 is 0 Å². The molecule has 3 nitrogen and oxygen atoms in total. The van der Waals surface area contributed by atoms with E-state index in [0.717, 1.165) is 38.5 Å². The minimum atomic E-state index is 0.0972. The number of hydrogen-bond donors (Lipinski definition) is 2. The second kappa shape index (κ2) is 13.3. The molecule has 0 amide bonds. The first-order valence-corrected chi connectivity index (χ1v) is 11.1. The lowest BCUT2D eigenvalue weighted by Crippen LogP contribution is -2.31. The van der Waals surface area contributed by atoms with Crippen LogP contribution in [0.3, 0.4) is 0 Å². The number of aryl methyl sites for hydroxylation is 2. The maximum Gasteiger partial charge on any atom is 0.0537 e. The van der Waals surface area contributed by atoms with Crippen LogP contribution < -0.4 is 11.5 Å². The van der Waals surface area contributed by atoms with Crippen LogP contribution in [0, 0.1) is 11.8 Å². The van der Waals surface area contributed by atoms with Crippen LogP contribution in [-0.2, 0) is 12.8 Å². The molecule has 0 fully saturated rings. The third-order valence-corrected chi connectivity index (χ3v) is 5.68. The summed E-state index contributed by atoms with van der Waals surface area (Å²) in [5.41, 5.74) is 15.2. The van der Waals surface area contributed by atoms with E-state index in [2.05, 4.69) is 80.7 Å². The molecule has 0 bridgehead atoms. The standard InChI is InChI=1S/C26H39N3/c1-21(2)26(28)18-17-25(27)20-29-19-24(15-13-22-9-5-3-6-10-22)16-14-23-11-7-4-8-12-23/h3-12,19,21,24-26H,13-18,20,27-28H2,1-2H3. The monoisotopic (exact) mass is 393 g/mol. The molecule has 2 unspecified atom stereocenters. The Labute approximate surface area is 177 Å². The van der Waals surface area contributed by atoms with E-state index in [1.54, 1.807) is 0 Å². The second-order valence-corrected chi connectivity index (χ2v) is 8.57. The summed E-state index contributed by atoms with van der Waals surface area (Å²) >= 11 is 0. The number of nitrogens with two attached hydrogens (primary N) is 2. The summed E-state index contributed by atoms with van der Waals surface area (Å²) in [6, 6.07) is 21.8. The molecular formula is C26H39N3. The number of hydrogen-bond acceptors (Lipinski definition) is 3. The maximum atomic E-state index is 6.27. The van der Waals surface area contributed by atoms with Crippen molar-refractivity contribution in [2.24, 2.45) is 28.3 Å². The Morgan fingerprint density at radius 1 is 0.759 bits per heavy atom. The summed E-state index contributed by atoms with van der Waals surface area (Å²) in [6.07, 6.45) is 8.48. The largest absolute Gasteiger partial charge is 0.327 e. The van der Waals surface area contributed by atoms with Crippen molar-refractivity contribution < 1.29 is 0 Å². The highest BCUT2D eigenvalue weighted by Crippen LogP contribution is 2.16. The summed E-state index contributed by atoms with van der Waals surface area (Å²) in [7, 11) is 0. The molecule has 2 aromatic carbocycles. The SMILES string of the molecule is CC(C)C(N)CCC(N)CN=CC(CCc1ccccc1)CCc1ccccc1. The molecule has 0 aliphatic heterocycles. The molecule has 0 saturated carbocycles. The van der Waals surface area contributed by atoms with Crippen molar-refractivity contribution in [2.75, 3.05) is 6.54 Å². The Hall–Kier alpha value is -1.97. The van der Waals surface area contributed by atoms with Gasteiger partial charge < -0.3 is 11.5 Å². The van der Waals surface area contributed by atoms with E-state index in [9.17, 15) is 0 Å². The van der Waals surface area contributed by atoms with Crippen molar-refractivity contribution in [3.8, 4) is 0 Å². The fourth-order valence-electron chi connectivity index (χ4n) is 3.46. The predicted octanol–water partition coefficient (Wildman–Crippen LogP) is 5.03. The molecule has 0 saturated heterocycles. The van der Waals surface area contributed by atoms with E-state index in [0.29, 0.717) is 18.4 Å². The van der Waals surface area contributed by atoms with Crippen LogP contribution in [0.2, 0.25) is 0 Å². The van der Waals surface area contributed by atoms with E-state index in [4.69, 9.17) is 16.5 Å². The molecule has 0 spiro atoms. The second-order valence-electron chi connectivity index (χ2n) is 8.57. The summed E-state index contributed by atoms with van der Waals surface area (Å²) < 4.78 is 0. The minimum Gasteiger partial charge on any atom is -0.327 e. The minimum absolute atomic E-state index is 0.0972. The highest BCUT2D eigenvalue weighted by Gasteiger charge is 2.11. The van der Waals surface area contributed by atoms with E-state index < -0.39 is 0 Å². The zero-order valence-corrected chi connectivity index (χ0v) is 18.2. The molecule has 2 atom stereocenters. The Kier molecular flexibility index (Phi) is 10.7. The van der Waals surface area contributed by atoms with Gasteiger partial charge in [-0.15, -0.1) is 0 Å². The lowest BCUT2D eigenvalue weighted by atomic mass is 9.94. The maximum absolute atomic E-state index is 6.27. The van der Waals surface area contributed by atoms with Crippen molar-refractivity contribution in [3.63, 3.8) is 0 Å². The first-order valence-electron chi connectivity index (χ1n) is 11.1. The number of aliphatic imine (C=N–C) groups is 1. The van der Waals surface area contributed by atoms with Gasteiger partial charge in [0, 0.05) is 18.3 Å². The first kappa shape index (κ1) is 23.3. The zero-order valence-electron chi connectivity index (χ0n) is 18.2. The Morgan fingerprint density at radius 2 is 1.28 bits per heavy atom. The van der Waals surface area contributed by atoms with E-state index in [1.165, 1.54) is 11.1 Å². The zero-order chi connectivity index (χ0) is 20.9. The molecule has 4 N–H and O–H groups in total. The summed E-state index contributed by atoms with van der Waals surface area (Å²) in [5.74, 6) is 0.978. The average Bonchev–Trinajstić information content (AvgIpc) is 2.74. The van der Waals surface area contributed by atoms with Gasteiger partial charge in [-0.1, -0.05) is 74.5 Å². The van der Waals surface area contributed by atoms with E-state index >= 15 is 0 Å². The molecule has 3 heteroatoms. The van der Waals surface area contributed by atoms with Crippen LogP contribution in [0.4, 0.5) is 0 Å². The molecule has 29 heavy (non-hydrogen) atoms. The van der Waals surface area contributed by atoms with Crippen LogP contribution in [0.1, 0.15) is 50.7 Å². The van der Waals surface area contributed by atoms with Gasteiger partial charge >= 0.3 is 0 Å². The highest BCUT2D eigenvalue weighted by molar-refractivity contribution is 5.60. The number of benzene rings is 2. The van der Waals surface area contributed by atoms with Crippen molar-refractivity contribution in [2.45, 2.75) is 64.5 Å². The predicted molar refractivity (Wildman–Crippen MR) is 126 cm³/mol. The highest BCUT2D eigenvalue weighted by atomic mass is 14.8. The van der Waals surface area contributed by atoms with Gasteiger partial charge in [0.15, 0.2) is 0 Å². The Bertz CT molecular complexity index is 638. The number of rotatable bonds is 13. The third-order valence-electron chi connectivity index (χ3n) is 5.68.